The first-order valence-corrected chi connectivity index (χ1v) is 16.9. The number of sulfonamides is 1. The molecule has 4 rings (SSSR count). The van der Waals surface area contributed by atoms with Crippen LogP contribution in [0, 0.1) is 13.8 Å². The van der Waals surface area contributed by atoms with E-state index in [-0.39, 0.29) is 23.8 Å². The highest BCUT2D eigenvalue weighted by Gasteiger charge is 2.34. The number of nitrogens with one attached hydrogen (secondary N) is 1. The summed E-state index contributed by atoms with van der Waals surface area (Å²) in [6, 6.07) is 29.2. The summed E-state index contributed by atoms with van der Waals surface area (Å²) in [5.41, 5.74) is 3.94. The van der Waals surface area contributed by atoms with E-state index in [9.17, 15) is 18.0 Å². The number of benzene rings is 4. The lowest BCUT2D eigenvalue weighted by Gasteiger charge is -2.34. The minimum absolute atomic E-state index is 0.00526. The molecular formula is C36H40ClN3O4S. The van der Waals surface area contributed by atoms with E-state index < -0.39 is 28.5 Å². The van der Waals surface area contributed by atoms with Gasteiger partial charge in [-0.05, 0) is 78.9 Å². The molecule has 0 bridgehead atoms. The Hall–Kier alpha value is -4.14. The van der Waals surface area contributed by atoms with Crippen molar-refractivity contribution in [1.82, 2.24) is 10.2 Å². The maximum absolute atomic E-state index is 14.5. The number of rotatable bonds is 14. The molecule has 0 saturated carbocycles. The van der Waals surface area contributed by atoms with Crippen LogP contribution in [0.4, 0.5) is 5.69 Å². The van der Waals surface area contributed by atoms with E-state index in [0.717, 1.165) is 39.4 Å². The molecule has 1 N–H and O–H groups in total. The van der Waals surface area contributed by atoms with Crippen molar-refractivity contribution in [3.63, 3.8) is 0 Å². The number of hydrogen-bond donors (Lipinski definition) is 1. The summed E-state index contributed by atoms with van der Waals surface area (Å²) in [5, 5.41) is 3.41. The third-order valence-electron chi connectivity index (χ3n) is 7.76. The van der Waals surface area contributed by atoms with Gasteiger partial charge in [0.25, 0.3) is 10.0 Å². The Labute approximate surface area is 271 Å². The molecule has 0 heterocycles. The molecule has 45 heavy (non-hydrogen) atoms. The minimum Gasteiger partial charge on any atom is -0.354 e. The second kappa shape index (κ2) is 15.7. The van der Waals surface area contributed by atoms with Crippen LogP contribution in [-0.2, 0) is 32.6 Å². The summed E-state index contributed by atoms with van der Waals surface area (Å²) in [6.07, 6.45) is 1.98. The quantitative estimate of drug-likeness (QED) is 0.155. The number of hydrogen-bond acceptors (Lipinski definition) is 4. The van der Waals surface area contributed by atoms with Crippen molar-refractivity contribution >= 4 is 39.1 Å². The normalized spacial score (nSPS) is 11.9. The van der Waals surface area contributed by atoms with Crippen LogP contribution in [0.1, 0.15) is 42.0 Å². The number of unbranched alkanes of at least 4 members (excludes halogenated alkanes) is 1. The zero-order chi connectivity index (χ0) is 32.4. The number of halogens is 1. The van der Waals surface area contributed by atoms with Crippen molar-refractivity contribution < 1.29 is 18.0 Å². The molecule has 9 heteroatoms. The van der Waals surface area contributed by atoms with Gasteiger partial charge >= 0.3 is 0 Å². The van der Waals surface area contributed by atoms with E-state index in [4.69, 9.17) is 11.6 Å². The lowest BCUT2D eigenvalue weighted by atomic mass is 10.0. The zero-order valence-electron chi connectivity index (χ0n) is 25.9. The van der Waals surface area contributed by atoms with Gasteiger partial charge in [-0.2, -0.15) is 0 Å². The van der Waals surface area contributed by atoms with Crippen LogP contribution in [0.5, 0.6) is 0 Å². The molecular weight excluding hydrogens is 606 g/mol. The summed E-state index contributed by atoms with van der Waals surface area (Å²) >= 11 is 6.07. The fourth-order valence-electron chi connectivity index (χ4n) is 4.98. The summed E-state index contributed by atoms with van der Waals surface area (Å²) in [4.78, 5) is 29.8. The topological polar surface area (TPSA) is 86.8 Å². The van der Waals surface area contributed by atoms with Crippen molar-refractivity contribution in [2.45, 2.75) is 57.5 Å². The smallest absolute Gasteiger partial charge is 0.264 e. The maximum Gasteiger partial charge on any atom is 0.264 e. The number of carbonyl (C=O) groups excluding carboxylic acids is 2. The molecule has 2 amide bonds. The van der Waals surface area contributed by atoms with Gasteiger partial charge in [0.2, 0.25) is 11.8 Å². The van der Waals surface area contributed by atoms with E-state index in [1.54, 1.807) is 12.1 Å². The first kappa shape index (κ1) is 33.7. The molecule has 0 unspecified atom stereocenters. The third-order valence-corrected chi connectivity index (χ3v) is 9.80. The SMILES string of the molecule is CCCCNC(=O)[C@H](Cc1ccccc1)N(Cc1ccccc1)C(=O)CN(c1ccc(C)c(C)c1)S(=O)(=O)c1ccc(Cl)cc1. The minimum atomic E-state index is -4.20. The fraction of sp³-hybridized carbons (Fsp3) is 0.278. The number of nitrogens with zero attached hydrogens (tertiary/aromatic N) is 2. The molecule has 0 fully saturated rings. The third kappa shape index (κ3) is 8.96. The summed E-state index contributed by atoms with van der Waals surface area (Å²) < 4.78 is 29.4. The van der Waals surface area contributed by atoms with Gasteiger partial charge in [-0.25, -0.2) is 8.42 Å². The van der Waals surface area contributed by atoms with Gasteiger partial charge in [-0.1, -0.05) is 91.7 Å². The van der Waals surface area contributed by atoms with E-state index in [0.29, 0.717) is 17.3 Å². The predicted octanol–water partition coefficient (Wildman–Crippen LogP) is 6.71. The second-order valence-electron chi connectivity index (χ2n) is 11.1. The Balaban J connectivity index is 1.79. The Morgan fingerprint density at radius 2 is 1.44 bits per heavy atom. The molecule has 7 nitrogen and oxygen atoms in total. The molecule has 236 valence electrons. The lowest BCUT2D eigenvalue weighted by molar-refractivity contribution is -0.140. The van der Waals surface area contributed by atoms with E-state index in [1.165, 1.54) is 29.2 Å². The van der Waals surface area contributed by atoms with Gasteiger partial charge in [0, 0.05) is 24.5 Å². The van der Waals surface area contributed by atoms with Crippen molar-refractivity contribution in [2.75, 3.05) is 17.4 Å². The van der Waals surface area contributed by atoms with Crippen LogP contribution in [0.2, 0.25) is 5.02 Å². The maximum atomic E-state index is 14.5. The van der Waals surface area contributed by atoms with Gasteiger partial charge < -0.3 is 10.2 Å². The van der Waals surface area contributed by atoms with Crippen LogP contribution in [0.15, 0.2) is 108 Å². The molecule has 0 saturated heterocycles. The molecule has 0 radical (unpaired) electrons. The van der Waals surface area contributed by atoms with Crippen LogP contribution in [-0.4, -0.2) is 44.3 Å². The molecule has 0 spiro atoms. The zero-order valence-corrected chi connectivity index (χ0v) is 27.5. The Morgan fingerprint density at radius 1 is 0.822 bits per heavy atom. The Bertz CT molecular complexity index is 1680. The van der Waals surface area contributed by atoms with Gasteiger partial charge in [-0.15, -0.1) is 0 Å². The summed E-state index contributed by atoms with van der Waals surface area (Å²) in [5.74, 6) is -0.781. The number of amides is 2. The highest BCUT2D eigenvalue weighted by atomic mass is 35.5. The van der Waals surface area contributed by atoms with Crippen molar-refractivity contribution in [1.29, 1.82) is 0 Å². The standard InChI is InChI=1S/C36H40ClN3O4S/c1-4-5-22-38-36(42)34(24-29-12-8-6-9-13-29)39(25-30-14-10-7-11-15-30)35(41)26-40(32-19-16-27(2)28(3)23-32)45(43,44)33-20-17-31(37)18-21-33/h6-21,23,34H,4-5,22,24-26H2,1-3H3,(H,38,42)/t34-/m0/s1. The number of aryl methyl sites for hydroxylation is 2. The summed E-state index contributed by atoms with van der Waals surface area (Å²) in [7, 11) is -4.20. The summed E-state index contributed by atoms with van der Waals surface area (Å²) in [6.45, 7) is 5.98. The predicted molar refractivity (Wildman–Crippen MR) is 181 cm³/mol. The average Bonchev–Trinajstić information content (AvgIpc) is 3.04. The molecule has 4 aromatic rings. The number of anilines is 1. The highest BCUT2D eigenvalue weighted by molar-refractivity contribution is 7.92. The van der Waals surface area contributed by atoms with Crippen molar-refractivity contribution in [3.8, 4) is 0 Å². The molecule has 0 aliphatic heterocycles. The van der Waals surface area contributed by atoms with Crippen molar-refractivity contribution in [3.05, 3.63) is 130 Å². The molecule has 1 atom stereocenters. The highest BCUT2D eigenvalue weighted by Crippen LogP contribution is 2.27. The van der Waals surface area contributed by atoms with E-state index in [2.05, 4.69) is 5.32 Å². The average molecular weight is 646 g/mol. The van der Waals surface area contributed by atoms with Crippen LogP contribution in [0.25, 0.3) is 0 Å². The van der Waals surface area contributed by atoms with E-state index >= 15 is 0 Å². The van der Waals surface area contributed by atoms with Gasteiger partial charge in [0.15, 0.2) is 0 Å². The lowest BCUT2D eigenvalue weighted by Crippen LogP contribution is -2.53. The van der Waals surface area contributed by atoms with Gasteiger partial charge in [0.1, 0.15) is 12.6 Å². The molecule has 0 aliphatic rings. The van der Waals surface area contributed by atoms with Crippen LogP contribution in [0.3, 0.4) is 0 Å². The first-order chi connectivity index (χ1) is 21.6. The van der Waals surface area contributed by atoms with Crippen LogP contribution >= 0.6 is 11.6 Å². The molecule has 0 aliphatic carbocycles. The van der Waals surface area contributed by atoms with Gasteiger partial charge in [0.05, 0.1) is 10.6 Å². The molecule has 0 aromatic heterocycles. The van der Waals surface area contributed by atoms with Gasteiger partial charge in [-0.3, -0.25) is 13.9 Å². The second-order valence-corrected chi connectivity index (χ2v) is 13.4. The van der Waals surface area contributed by atoms with Crippen LogP contribution < -0.4 is 9.62 Å². The fourth-order valence-corrected chi connectivity index (χ4v) is 6.52. The van der Waals surface area contributed by atoms with Crippen molar-refractivity contribution in [2.24, 2.45) is 0 Å². The first-order valence-electron chi connectivity index (χ1n) is 15.1. The Kier molecular flexibility index (Phi) is 11.8. The monoisotopic (exact) mass is 645 g/mol. The molecule has 4 aromatic carbocycles. The van der Waals surface area contributed by atoms with E-state index in [1.807, 2.05) is 87.5 Å². The largest absolute Gasteiger partial charge is 0.354 e. The number of carbonyl (C=O) groups is 2. The Morgan fingerprint density at radius 3 is 2.04 bits per heavy atom.